The van der Waals surface area contributed by atoms with E-state index in [9.17, 15) is 27.8 Å². The molecule has 0 saturated carbocycles. The van der Waals surface area contributed by atoms with Gasteiger partial charge < -0.3 is 10.2 Å². The standard InChI is InChI=1S/C25H14F4O2/c26-19-9-13(10-20(27)23(19)30)25(14-11-21(28)24(31)22(29)12-14)17-7-3-1-5-15(17)16-6-2-4-8-18(16)25/h1-12,30-31H. The normalized spacial score (nSPS) is 13.7. The third kappa shape index (κ3) is 2.51. The van der Waals surface area contributed by atoms with Crippen LogP contribution in [0.5, 0.6) is 11.5 Å². The average molecular weight is 422 g/mol. The number of hydrogen-bond acceptors (Lipinski definition) is 2. The number of aromatic hydroxyl groups is 2. The summed E-state index contributed by atoms with van der Waals surface area (Å²) in [6.07, 6.45) is 0. The van der Waals surface area contributed by atoms with Gasteiger partial charge in [-0.3, -0.25) is 0 Å². The molecule has 6 heteroatoms. The first-order valence-electron chi connectivity index (χ1n) is 9.42. The third-order valence-electron chi connectivity index (χ3n) is 5.85. The maximum absolute atomic E-state index is 14.5. The molecule has 0 aliphatic heterocycles. The molecule has 1 aliphatic rings. The van der Waals surface area contributed by atoms with Gasteiger partial charge in [0.1, 0.15) is 0 Å². The van der Waals surface area contributed by atoms with E-state index in [1.165, 1.54) is 0 Å². The number of phenols is 2. The molecule has 0 spiro atoms. The molecule has 0 heterocycles. The Hall–Kier alpha value is -3.80. The molecule has 0 aromatic heterocycles. The second-order valence-electron chi connectivity index (χ2n) is 7.42. The van der Waals surface area contributed by atoms with Crippen molar-refractivity contribution in [1.29, 1.82) is 0 Å². The Morgan fingerprint density at radius 1 is 0.516 bits per heavy atom. The van der Waals surface area contributed by atoms with Gasteiger partial charge in [-0.05, 0) is 57.6 Å². The van der Waals surface area contributed by atoms with Crippen LogP contribution in [-0.4, -0.2) is 10.2 Å². The Morgan fingerprint density at radius 2 is 0.839 bits per heavy atom. The molecule has 31 heavy (non-hydrogen) atoms. The lowest BCUT2D eigenvalue weighted by Gasteiger charge is -2.34. The SMILES string of the molecule is Oc1c(F)cc(C2(c3cc(F)c(O)c(F)c3)c3ccccc3-c3ccccc32)cc1F. The number of benzene rings is 4. The molecule has 0 amide bonds. The van der Waals surface area contributed by atoms with Crippen molar-refractivity contribution in [2.24, 2.45) is 0 Å². The summed E-state index contributed by atoms with van der Waals surface area (Å²) in [4.78, 5) is 0. The molecule has 0 atom stereocenters. The summed E-state index contributed by atoms with van der Waals surface area (Å²) in [6, 6.07) is 17.9. The Kier molecular flexibility index (Phi) is 4.09. The monoisotopic (exact) mass is 422 g/mol. The van der Waals surface area contributed by atoms with E-state index in [0.717, 1.165) is 35.4 Å². The molecule has 0 saturated heterocycles. The van der Waals surface area contributed by atoms with Gasteiger partial charge in [0.05, 0.1) is 5.41 Å². The summed E-state index contributed by atoms with van der Waals surface area (Å²) in [5, 5.41) is 19.3. The number of rotatable bonds is 2. The first kappa shape index (κ1) is 19.2. The summed E-state index contributed by atoms with van der Waals surface area (Å²) in [5.74, 6) is -7.07. The third-order valence-corrected chi connectivity index (χ3v) is 5.85. The number of hydrogen-bond donors (Lipinski definition) is 2. The van der Waals surface area contributed by atoms with Crippen LogP contribution in [0.3, 0.4) is 0 Å². The van der Waals surface area contributed by atoms with E-state index in [-0.39, 0.29) is 11.1 Å². The van der Waals surface area contributed by atoms with Gasteiger partial charge in [0.25, 0.3) is 0 Å². The topological polar surface area (TPSA) is 40.5 Å². The molecule has 1 aliphatic carbocycles. The van der Waals surface area contributed by atoms with Gasteiger partial charge in [-0.1, -0.05) is 48.5 Å². The zero-order valence-electron chi connectivity index (χ0n) is 15.8. The van der Waals surface area contributed by atoms with Gasteiger partial charge in [-0.15, -0.1) is 0 Å². The van der Waals surface area contributed by atoms with Gasteiger partial charge in [0.2, 0.25) is 0 Å². The highest BCUT2D eigenvalue weighted by molar-refractivity contribution is 5.86. The van der Waals surface area contributed by atoms with E-state index >= 15 is 0 Å². The van der Waals surface area contributed by atoms with Crippen LogP contribution in [0, 0.1) is 23.3 Å². The van der Waals surface area contributed by atoms with E-state index < -0.39 is 40.2 Å². The van der Waals surface area contributed by atoms with Gasteiger partial charge in [0.15, 0.2) is 34.8 Å². The molecule has 0 unspecified atom stereocenters. The van der Waals surface area contributed by atoms with E-state index in [4.69, 9.17) is 0 Å². The van der Waals surface area contributed by atoms with Crippen molar-refractivity contribution < 1.29 is 27.8 Å². The Bertz CT molecular complexity index is 1210. The molecular formula is C25H14F4O2. The molecule has 2 nitrogen and oxygen atoms in total. The van der Waals surface area contributed by atoms with Gasteiger partial charge >= 0.3 is 0 Å². The minimum absolute atomic E-state index is 0.0437. The molecular weight excluding hydrogens is 408 g/mol. The molecule has 0 fully saturated rings. The first-order chi connectivity index (χ1) is 14.9. The summed E-state index contributed by atoms with van der Waals surface area (Å²) >= 11 is 0. The maximum atomic E-state index is 14.5. The fraction of sp³-hybridized carbons (Fsp3) is 0.0400. The van der Waals surface area contributed by atoms with Gasteiger partial charge in [0, 0.05) is 0 Å². The van der Waals surface area contributed by atoms with E-state index in [1.807, 2.05) is 12.1 Å². The summed E-state index contributed by atoms with van der Waals surface area (Å²) < 4.78 is 57.9. The smallest absolute Gasteiger partial charge is 0.187 e. The van der Waals surface area contributed by atoms with Crippen molar-refractivity contribution >= 4 is 0 Å². The highest BCUT2D eigenvalue weighted by Crippen LogP contribution is 2.56. The lowest BCUT2D eigenvalue weighted by molar-refractivity contribution is 0.392. The van der Waals surface area contributed by atoms with E-state index in [2.05, 4.69) is 0 Å². The molecule has 4 aromatic carbocycles. The Morgan fingerprint density at radius 3 is 1.19 bits per heavy atom. The Labute approximate surface area is 174 Å². The van der Waals surface area contributed by atoms with Crippen LogP contribution < -0.4 is 0 Å². The number of halogens is 4. The lowest BCUT2D eigenvalue weighted by atomic mass is 9.67. The summed E-state index contributed by atoms with van der Waals surface area (Å²) in [7, 11) is 0. The van der Waals surface area contributed by atoms with Crippen molar-refractivity contribution in [3.8, 4) is 22.6 Å². The largest absolute Gasteiger partial charge is 0.503 e. The minimum Gasteiger partial charge on any atom is -0.503 e. The first-order valence-corrected chi connectivity index (χ1v) is 9.42. The highest BCUT2D eigenvalue weighted by atomic mass is 19.1. The van der Waals surface area contributed by atoms with Gasteiger partial charge in [-0.25, -0.2) is 17.6 Å². The predicted molar refractivity (Wildman–Crippen MR) is 107 cm³/mol. The van der Waals surface area contributed by atoms with E-state index in [0.29, 0.717) is 11.1 Å². The second-order valence-corrected chi connectivity index (χ2v) is 7.42. The molecule has 154 valence electrons. The fourth-order valence-corrected chi connectivity index (χ4v) is 4.59. The molecule has 5 rings (SSSR count). The van der Waals surface area contributed by atoms with Crippen molar-refractivity contribution in [3.05, 3.63) is 118 Å². The van der Waals surface area contributed by atoms with Crippen LogP contribution in [0.2, 0.25) is 0 Å². The summed E-state index contributed by atoms with van der Waals surface area (Å²) in [6.45, 7) is 0. The van der Waals surface area contributed by atoms with Crippen molar-refractivity contribution in [2.45, 2.75) is 5.41 Å². The zero-order chi connectivity index (χ0) is 21.9. The van der Waals surface area contributed by atoms with Crippen LogP contribution in [0.15, 0.2) is 72.8 Å². The molecule has 0 bridgehead atoms. The molecule has 0 radical (unpaired) electrons. The van der Waals surface area contributed by atoms with Crippen molar-refractivity contribution in [1.82, 2.24) is 0 Å². The van der Waals surface area contributed by atoms with Crippen LogP contribution in [-0.2, 0) is 5.41 Å². The van der Waals surface area contributed by atoms with Crippen LogP contribution in [0.1, 0.15) is 22.3 Å². The quantitative estimate of drug-likeness (QED) is 0.342. The van der Waals surface area contributed by atoms with E-state index in [1.54, 1.807) is 36.4 Å². The molecule has 2 N–H and O–H groups in total. The van der Waals surface area contributed by atoms with Crippen LogP contribution >= 0.6 is 0 Å². The molecule has 4 aromatic rings. The van der Waals surface area contributed by atoms with Gasteiger partial charge in [-0.2, -0.15) is 0 Å². The van der Waals surface area contributed by atoms with Crippen molar-refractivity contribution in [2.75, 3.05) is 0 Å². The average Bonchev–Trinajstić information content (AvgIpc) is 3.06. The zero-order valence-corrected chi connectivity index (χ0v) is 15.8. The fourth-order valence-electron chi connectivity index (χ4n) is 4.59. The highest BCUT2D eigenvalue weighted by Gasteiger charge is 2.47. The number of phenolic OH excluding ortho intramolecular Hbond substituents is 2. The summed E-state index contributed by atoms with van der Waals surface area (Å²) in [5.41, 5.74) is 1.19. The predicted octanol–water partition coefficient (Wildman–Crippen LogP) is 6.02. The van der Waals surface area contributed by atoms with Crippen LogP contribution in [0.4, 0.5) is 17.6 Å². The second kappa shape index (κ2) is 6.60. The minimum atomic E-state index is -1.49. The lowest BCUT2D eigenvalue weighted by Crippen LogP contribution is -2.29. The van der Waals surface area contributed by atoms with Crippen molar-refractivity contribution in [3.63, 3.8) is 0 Å². The maximum Gasteiger partial charge on any atom is 0.187 e. The van der Waals surface area contributed by atoms with Crippen LogP contribution in [0.25, 0.3) is 11.1 Å². The Balaban J connectivity index is 2.00. The number of fused-ring (bicyclic) bond motifs is 3.